The van der Waals surface area contributed by atoms with E-state index in [1.165, 1.54) is 11.3 Å². The summed E-state index contributed by atoms with van der Waals surface area (Å²) in [7, 11) is 0. The molecule has 1 N–H and O–H groups in total. The molecule has 0 aliphatic heterocycles. The molecule has 2 aromatic rings. The number of aromatic nitrogens is 1. The lowest BCUT2D eigenvalue weighted by atomic mass is 10.1. The first-order valence-electron chi connectivity index (χ1n) is 5.24. The molecule has 3 nitrogen and oxygen atoms in total. The summed E-state index contributed by atoms with van der Waals surface area (Å²) in [5, 5.41) is 9.22. The normalized spacial score (nSPS) is 10.5. The lowest BCUT2D eigenvalue weighted by molar-refractivity contribution is 0.286. The van der Waals surface area contributed by atoms with Crippen LogP contribution in [0.3, 0.4) is 0 Å². The van der Waals surface area contributed by atoms with Gasteiger partial charge in [-0.3, -0.25) is 0 Å². The highest BCUT2D eigenvalue weighted by atomic mass is 35.5. The number of benzene rings is 1. The van der Waals surface area contributed by atoms with E-state index in [1.54, 1.807) is 0 Å². The molecule has 90 valence electrons. The van der Waals surface area contributed by atoms with E-state index in [-0.39, 0.29) is 6.61 Å². The van der Waals surface area contributed by atoms with E-state index >= 15 is 0 Å². The lowest BCUT2D eigenvalue weighted by Crippen LogP contribution is -1.91. The maximum Gasteiger partial charge on any atom is 0.184 e. The molecule has 1 aromatic heterocycles. The van der Waals surface area contributed by atoms with Gasteiger partial charge >= 0.3 is 0 Å². The Morgan fingerprint density at radius 2 is 2.06 bits per heavy atom. The second-order valence-electron chi connectivity index (χ2n) is 3.35. The molecule has 0 saturated carbocycles. The van der Waals surface area contributed by atoms with Gasteiger partial charge in [0.05, 0.1) is 23.8 Å². The Kier molecular flexibility index (Phi) is 3.99. The van der Waals surface area contributed by atoms with Crippen molar-refractivity contribution in [3.05, 3.63) is 33.6 Å². The maximum absolute atomic E-state index is 9.22. The van der Waals surface area contributed by atoms with Gasteiger partial charge in [0, 0.05) is 5.56 Å². The standard InChI is InChI=1S/C12H12ClNO2S/c1-2-16-9-5-3-8(4-6-9)11-10(7-15)17-12(13)14-11/h3-6,15H,2,7H2,1H3. The number of ether oxygens (including phenoxy) is 1. The molecule has 1 aromatic carbocycles. The highest BCUT2D eigenvalue weighted by Gasteiger charge is 2.11. The van der Waals surface area contributed by atoms with Crippen LogP contribution < -0.4 is 4.74 Å². The molecule has 0 amide bonds. The quantitative estimate of drug-likeness (QED) is 0.925. The fraction of sp³-hybridized carbons (Fsp3) is 0.250. The Hall–Kier alpha value is -1.10. The largest absolute Gasteiger partial charge is 0.494 e. The van der Waals surface area contributed by atoms with Gasteiger partial charge < -0.3 is 9.84 Å². The Morgan fingerprint density at radius 3 is 2.65 bits per heavy atom. The van der Waals surface area contributed by atoms with Gasteiger partial charge in [0.25, 0.3) is 0 Å². The van der Waals surface area contributed by atoms with E-state index in [0.29, 0.717) is 11.1 Å². The summed E-state index contributed by atoms with van der Waals surface area (Å²) in [5.74, 6) is 0.822. The summed E-state index contributed by atoms with van der Waals surface area (Å²) in [6.45, 7) is 2.54. The number of halogens is 1. The zero-order chi connectivity index (χ0) is 12.3. The molecule has 0 aliphatic carbocycles. The van der Waals surface area contributed by atoms with Gasteiger partial charge in [-0.2, -0.15) is 0 Å². The van der Waals surface area contributed by atoms with Crippen molar-refractivity contribution in [3.63, 3.8) is 0 Å². The first-order valence-corrected chi connectivity index (χ1v) is 6.43. The number of thiazole rings is 1. The van der Waals surface area contributed by atoms with Crippen LogP contribution >= 0.6 is 22.9 Å². The monoisotopic (exact) mass is 269 g/mol. The van der Waals surface area contributed by atoms with Crippen molar-refractivity contribution >= 4 is 22.9 Å². The maximum atomic E-state index is 9.22. The molecular formula is C12H12ClNO2S. The Morgan fingerprint density at radius 1 is 1.35 bits per heavy atom. The number of hydrogen-bond acceptors (Lipinski definition) is 4. The molecule has 0 aliphatic rings. The second kappa shape index (κ2) is 5.49. The molecule has 0 radical (unpaired) electrons. The predicted molar refractivity (Wildman–Crippen MR) is 69.7 cm³/mol. The first kappa shape index (κ1) is 12.4. The van der Waals surface area contributed by atoms with Crippen LogP contribution in [0.4, 0.5) is 0 Å². The van der Waals surface area contributed by atoms with E-state index in [2.05, 4.69) is 4.98 Å². The van der Waals surface area contributed by atoms with Crippen molar-refractivity contribution in [2.75, 3.05) is 6.61 Å². The fourth-order valence-electron chi connectivity index (χ4n) is 1.53. The predicted octanol–water partition coefficient (Wildman–Crippen LogP) is 3.35. The third-order valence-electron chi connectivity index (χ3n) is 2.25. The zero-order valence-electron chi connectivity index (χ0n) is 9.31. The summed E-state index contributed by atoms with van der Waals surface area (Å²) in [4.78, 5) is 4.99. The van der Waals surface area contributed by atoms with Gasteiger partial charge in [-0.1, -0.05) is 11.6 Å². The Labute approximate surface area is 109 Å². The van der Waals surface area contributed by atoms with E-state index in [0.717, 1.165) is 21.9 Å². The van der Waals surface area contributed by atoms with Crippen LogP contribution in [-0.2, 0) is 6.61 Å². The molecule has 0 bridgehead atoms. The van der Waals surface area contributed by atoms with Crippen molar-refractivity contribution in [2.24, 2.45) is 0 Å². The van der Waals surface area contributed by atoms with Gasteiger partial charge in [-0.05, 0) is 31.2 Å². The highest BCUT2D eigenvalue weighted by molar-refractivity contribution is 7.16. The Bertz CT molecular complexity index is 496. The van der Waals surface area contributed by atoms with Gasteiger partial charge in [0.15, 0.2) is 4.47 Å². The molecular weight excluding hydrogens is 258 g/mol. The van der Waals surface area contributed by atoms with Gasteiger partial charge in [0.2, 0.25) is 0 Å². The zero-order valence-corrected chi connectivity index (χ0v) is 10.9. The molecule has 1 heterocycles. The van der Waals surface area contributed by atoms with Crippen molar-refractivity contribution in [3.8, 4) is 17.0 Å². The highest BCUT2D eigenvalue weighted by Crippen LogP contribution is 2.31. The molecule has 0 unspecified atom stereocenters. The van der Waals surface area contributed by atoms with Gasteiger partial charge in [-0.25, -0.2) is 4.98 Å². The number of nitrogens with zero attached hydrogens (tertiary/aromatic N) is 1. The minimum absolute atomic E-state index is 0.0487. The fourth-order valence-corrected chi connectivity index (χ4v) is 2.56. The van der Waals surface area contributed by atoms with Crippen LogP contribution in [0.1, 0.15) is 11.8 Å². The van der Waals surface area contributed by atoms with Gasteiger partial charge in [0.1, 0.15) is 5.75 Å². The average molecular weight is 270 g/mol. The third-order valence-corrected chi connectivity index (χ3v) is 3.40. The summed E-state index contributed by atoms with van der Waals surface area (Å²) in [5.41, 5.74) is 1.67. The van der Waals surface area contributed by atoms with E-state index < -0.39 is 0 Å². The van der Waals surface area contributed by atoms with Crippen LogP contribution in [0.25, 0.3) is 11.3 Å². The third kappa shape index (κ3) is 2.77. The summed E-state index contributed by atoms with van der Waals surface area (Å²) >= 11 is 7.14. The van der Waals surface area contributed by atoms with Crippen LogP contribution in [0.5, 0.6) is 5.75 Å². The minimum atomic E-state index is -0.0487. The minimum Gasteiger partial charge on any atom is -0.494 e. The molecule has 0 spiro atoms. The van der Waals surface area contributed by atoms with Crippen molar-refractivity contribution in [1.29, 1.82) is 0 Å². The lowest BCUT2D eigenvalue weighted by Gasteiger charge is -2.04. The van der Waals surface area contributed by atoms with Crippen LogP contribution in [0, 0.1) is 0 Å². The summed E-state index contributed by atoms with van der Waals surface area (Å²) in [6.07, 6.45) is 0. The average Bonchev–Trinajstić information content (AvgIpc) is 2.72. The Balaban J connectivity index is 2.32. The molecule has 17 heavy (non-hydrogen) atoms. The number of hydrogen-bond donors (Lipinski definition) is 1. The van der Waals surface area contributed by atoms with E-state index in [4.69, 9.17) is 16.3 Å². The van der Waals surface area contributed by atoms with Crippen LogP contribution in [-0.4, -0.2) is 16.7 Å². The van der Waals surface area contributed by atoms with Gasteiger partial charge in [-0.15, -0.1) is 11.3 Å². The summed E-state index contributed by atoms with van der Waals surface area (Å²) < 4.78 is 5.81. The number of aliphatic hydroxyl groups is 1. The molecule has 5 heteroatoms. The molecule has 0 fully saturated rings. The number of rotatable bonds is 4. The smallest absolute Gasteiger partial charge is 0.184 e. The van der Waals surface area contributed by atoms with Crippen molar-refractivity contribution in [1.82, 2.24) is 4.98 Å². The molecule has 2 rings (SSSR count). The second-order valence-corrected chi connectivity index (χ2v) is 5.02. The number of aliphatic hydroxyl groups excluding tert-OH is 1. The molecule has 0 atom stereocenters. The van der Waals surface area contributed by atoms with Crippen molar-refractivity contribution < 1.29 is 9.84 Å². The van der Waals surface area contributed by atoms with E-state index in [9.17, 15) is 5.11 Å². The van der Waals surface area contributed by atoms with Crippen LogP contribution in [0.15, 0.2) is 24.3 Å². The summed E-state index contributed by atoms with van der Waals surface area (Å²) in [6, 6.07) is 7.59. The van der Waals surface area contributed by atoms with Crippen molar-refractivity contribution in [2.45, 2.75) is 13.5 Å². The first-order chi connectivity index (χ1) is 8.24. The SMILES string of the molecule is CCOc1ccc(-c2nc(Cl)sc2CO)cc1. The topological polar surface area (TPSA) is 42.4 Å². The van der Waals surface area contributed by atoms with E-state index in [1.807, 2.05) is 31.2 Å². The molecule has 0 saturated heterocycles. The van der Waals surface area contributed by atoms with Crippen LogP contribution in [0.2, 0.25) is 4.47 Å².